The van der Waals surface area contributed by atoms with Crippen molar-refractivity contribution in [3.05, 3.63) is 65.7 Å². The second-order valence-electron chi connectivity index (χ2n) is 8.41. The fraction of sp³-hybridized carbons (Fsp3) is 0.320. The van der Waals surface area contributed by atoms with Crippen LogP contribution in [0.25, 0.3) is 0 Å². The van der Waals surface area contributed by atoms with Crippen molar-refractivity contribution < 1.29 is 34.2 Å². The highest BCUT2D eigenvalue weighted by Crippen LogP contribution is 2.11. The van der Waals surface area contributed by atoms with Gasteiger partial charge in [0.1, 0.15) is 17.8 Å². The number of hydrogen-bond donors (Lipinski definition) is 7. The number of amides is 4. The summed E-state index contributed by atoms with van der Waals surface area (Å²) in [7, 11) is 0. The average Bonchev–Trinajstić information content (AvgIpc) is 2.86. The highest BCUT2D eigenvalue weighted by molar-refractivity contribution is 5.93. The first-order chi connectivity index (χ1) is 17.5. The van der Waals surface area contributed by atoms with Crippen LogP contribution in [0.5, 0.6) is 5.75 Å². The van der Waals surface area contributed by atoms with Crippen molar-refractivity contribution in [3.63, 3.8) is 0 Å². The lowest BCUT2D eigenvalue weighted by Crippen LogP contribution is -2.54. The second-order valence-corrected chi connectivity index (χ2v) is 8.41. The summed E-state index contributed by atoms with van der Waals surface area (Å²) in [4.78, 5) is 60.3. The summed E-state index contributed by atoms with van der Waals surface area (Å²) in [6, 6.07) is 11.3. The lowest BCUT2D eigenvalue weighted by atomic mass is 10.0. The van der Waals surface area contributed by atoms with Crippen LogP contribution in [0.3, 0.4) is 0 Å². The van der Waals surface area contributed by atoms with Gasteiger partial charge in [-0.2, -0.15) is 0 Å². The zero-order chi connectivity index (χ0) is 27.4. The largest absolute Gasteiger partial charge is 0.508 e. The van der Waals surface area contributed by atoms with Crippen molar-refractivity contribution in [1.29, 1.82) is 0 Å². The highest BCUT2D eigenvalue weighted by Gasteiger charge is 2.26. The molecule has 0 aliphatic carbocycles. The van der Waals surface area contributed by atoms with Crippen LogP contribution >= 0.6 is 0 Å². The SMILES string of the molecule is NC(=O)CCC(N)C(=O)NC(Cc1ccccc1)C(=O)NCC(=O)NC(Cc1ccc(O)cc1)C(=O)O. The lowest BCUT2D eigenvalue weighted by Gasteiger charge is -2.21. The zero-order valence-corrected chi connectivity index (χ0v) is 20.1. The van der Waals surface area contributed by atoms with E-state index in [1.165, 1.54) is 24.3 Å². The van der Waals surface area contributed by atoms with Gasteiger partial charge in [0.25, 0.3) is 0 Å². The second kappa shape index (κ2) is 14.2. The highest BCUT2D eigenvalue weighted by atomic mass is 16.4. The van der Waals surface area contributed by atoms with Gasteiger partial charge in [0, 0.05) is 19.3 Å². The van der Waals surface area contributed by atoms with Crippen LogP contribution in [0.1, 0.15) is 24.0 Å². The van der Waals surface area contributed by atoms with Crippen LogP contribution in [0.2, 0.25) is 0 Å². The fourth-order valence-corrected chi connectivity index (χ4v) is 3.37. The van der Waals surface area contributed by atoms with Gasteiger partial charge < -0.3 is 37.6 Å². The van der Waals surface area contributed by atoms with E-state index in [1.807, 2.05) is 0 Å². The molecule has 0 fully saturated rings. The van der Waals surface area contributed by atoms with E-state index >= 15 is 0 Å². The number of primary amides is 1. The number of aliphatic carboxylic acids is 1. The molecule has 0 bridgehead atoms. The minimum Gasteiger partial charge on any atom is -0.508 e. The molecule has 0 aromatic heterocycles. The topological polar surface area (TPSA) is 214 Å². The number of nitrogens with two attached hydrogens (primary N) is 2. The predicted molar refractivity (Wildman–Crippen MR) is 133 cm³/mol. The summed E-state index contributed by atoms with van der Waals surface area (Å²) in [5.74, 6) is -3.96. The molecule has 12 nitrogen and oxygen atoms in total. The minimum absolute atomic E-state index is 0.000850. The zero-order valence-electron chi connectivity index (χ0n) is 20.1. The van der Waals surface area contributed by atoms with Crippen LogP contribution < -0.4 is 27.4 Å². The fourth-order valence-electron chi connectivity index (χ4n) is 3.37. The van der Waals surface area contributed by atoms with Crippen molar-refractivity contribution in [3.8, 4) is 5.75 Å². The molecule has 0 saturated carbocycles. The summed E-state index contributed by atoms with van der Waals surface area (Å²) in [6.07, 6.45) is -0.0353. The molecule has 0 aliphatic rings. The molecule has 37 heavy (non-hydrogen) atoms. The Morgan fingerprint density at radius 2 is 1.41 bits per heavy atom. The maximum atomic E-state index is 12.9. The van der Waals surface area contributed by atoms with Gasteiger partial charge in [0.2, 0.25) is 23.6 Å². The van der Waals surface area contributed by atoms with Crippen LogP contribution in [-0.4, -0.2) is 64.5 Å². The Morgan fingerprint density at radius 3 is 2.00 bits per heavy atom. The third kappa shape index (κ3) is 10.4. The molecular formula is C25H31N5O7. The Kier molecular flexibility index (Phi) is 11.0. The van der Waals surface area contributed by atoms with E-state index in [-0.39, 0.29) is 31.4 Å². The lowest BCUT2D eigenvalue weighted by molar-refractivity contribution is -0.141. The van der Waals surface area contributed by atoms with Crippen molar-refractivity contribution in [1.82, 2.24) is 16.0 Å². The van der Waals surface area contributed by atoms with Gasteiger partial charge in [0.15, 0.2) is 0 Å². The molecule has 198 valence electrons. The van der Waals surface area contributed by atoms with E-state index in [1.54, 1.807) is 30.3 Å². The molecule has 2 aromatic carbocycles. The molecule has 0 heterocycles. The number of carbonyl (C=O) groups is 5. The summed E-state index contributed by atoms with van der Waals surface area (Å²) in [6.45, 7) is -0.535. The summed E-state index contributed by atoms with van der Waals surface area (Å²) < 4.78 is 0. The van der Waals surface area contributed by atoms with E-state index in [0.717, 1.165) is 5.56 Å². The molecule has 0 spiro atoms. The maximum absolute atomic E-state index is 12.9. The Balaban J connectivity index is 1.99. The normalized spacial score (nSPS) is 13.0. The first-order valence-electron chi connectivity index (χ1n) is 11.5. The molecule has 3 atom stereocenters. The van der Waals surface area contributed by atoms with E-state index in [9.17, 15) is 34.2 Å². The van der Waals surface area contributed by atoms with Gasteiger partial charge in [-0.05, 0) is 29.7 Å². The standard InChI is InChI=1S/C25H31N5O7/c26-18(10-11-21(27)32)23(34)30-19(12-15-4-2-1-3-5-15)24(35)28-14-22(33)29-20(25(36)37)13-16-6-8-17(31)9-7-16/h1-9,18-20,31H,10-14,26H2,(H2,27,32)(H,28,35)(H,29,33)(H,30,34)(H,36,37). The monoisotopic (exact) mass is 513 g/mol. The number of carbonyl (C=O) groups excluding carboxylic acids is 4. The predicted octanol–water partition coefficient (Wildman–Crippen LogP) is -1.06. The first kappa shape index (κ1) is 28.8. The molecule has 12 heteroatoms. The van der Waals surface area contributed by atoms with E-state index in [0.29, 0.717) is 5.56 Å². The number of nitrogens with one attached hydrogen (secondary N) is 3. The Hall–Kier alpha value is -4.45. The van der Waals surface area contributed by atoms with Crippen LogP contribution in [0.15, 0.2) is 54.6 Å². The number of hydrogen-bond acceptors (Lipinski definition) is 7. The molecular weight excluding hydrogens is 482 g/mol. The number of aromatic hydroxyl groups is 1. The van der Waals surface area contributed by atoms with Crippen LogP contribution in [-0.2, 0) is 36.8 Å². The summed E-state index contributed by atoms with van der Waals surface area (Å²) in [5, 5.41) is 26.1. The van der Waals surface area contributed by atoms with E-state index in [2.05, 4.69) is 16.0 Å². The van der Waals surface area contributed by atoms with E-state index < -0.39 is 54.3 Å². The van der Waals surface area contributed by atoms with Crippen molar-refractivity contribution in [2.75, 3.05) is 6.54 Å². The molecule has 9 N–H and O–H groups in total. The molecule has 0 saturated heterocycles. The number of rotatable bonds is 14. The number of carboxylic acid groups (broad SMARTS) is 1. The number of phenolic OH excluding ortho intramolecular Hbond substituents is 1. The number of carboxylic acids is 1. The quantitative estimate of drug-likeness (QED) is 0.165. The average molecular weight is 514 g/mol. The molecule has 4 amide bonds. The molecule has 2 rings (SSSR count). The third-order valence-electron chi connectivity index (χ3n) is 5.39. The van der Waals surface area contributed by atoms with Gasteiger partial charge in [-0.25, -0.2) is 4.79 Å². The minimum atomic E-state index is -1.27. The van der Waals surface area contributed by atoms with Gasteiger partial charge in [-0.1, -0.05) is 42.5 Å². The molecule has 0 radical (unpaired) electrons. The van der Waals surface area contributed by atoms with Gasteiger partial charge in [0.05, 0.1) is 12.6 Å². The molecule has 3 unspecified atom stereocenters. The molecule has 0 aliphatic heterocycles. The Labute approximate surface area is 213 Å². The van der Waals surface area contributed by atoms with Gasteiger partial charge in [-0.15, -0.1) is 0 Å². The van der Waals surface area contributed by atoms with Crippen molar-refractivity contribution >= 4 is 29.6 Å². The summed E-state index contributed by atoms with van der Waals surface area (Å²) in [5.41, 5.74) is 12.2. The van der Waals surface area contributed by atoms with Crippen molar-refractivity contribution in [2.45, 2.75) is 43.8 Å². The molecule has 2 aromatic rings. The Bertz CT molecular complexity index is 1090. The first-order valence-corrected chi connectivity index (χ1v) is 11.5. The van der Waals surface area contributed by atoms with Crippen molar-refractivity contribution in [2.24, 2.45) is 11.5 Å². The summed E-state index contributed by atoms with van der Waals surface area (Å²) >= 11 is 0. The van der Waals surface area contributed by atoms with E-state index in [4.69, 9.17) is 11.5 Å². The van der Waals surface area contributed by atoms with Crippen LogP contribution in [0.4, 0.5) is 0 Å². The number of phenols is 1. The smallest absolute Gasteiger partial charge is 0.326 e. The number of benzene rings is 2. The third-order valence-corrected chi connectivity index (χ3v) is 5.39. The Morgan fingerprint density at radius 1 is 0.811 bits per heavy atom. The van der Waals surface area contributed by atoms with Gasteiger partial charge >= 0.3 is 5.97 Å². The van der Waals surface area contributed by atoms with Crippen LogP contribution in [0, 0.1) is 0 Å². The maximum Gasteiger partial charge on any atom is 0.326 e. The van der Waals surface area contributed by atoms with Gasteiger partial charge in [-0.3, -0.25) is 19.2 Å².